The van der Waals surface area contributed by atoms with Crippen molar-refractivity contribution in [1.29, 1.82) is 0 Å². The van der Waals surface area contributed by atoms with E-state index >= 15 is 0 Å². The van der Waals surface area contributed by atoms with Crippen LogP contribution in [-0.4, -0.2) is 21.3 Å². The van der Waals surface area contributed by atoms with Crippen LogP contribution in [0.2, 0.25) is 0 Å². The normalized spacial score (nSPS) is 39.2. The molecule has 132 valence electrons. The second-order valence-electron chi connectivity index (χ2n) is 7.39. The lowest BCUT2D eigenvalue weighted by Gasteiger charge is -2.65. The van der Waals surface area contributed by atoms with E-state index in [2.05, 4.69) is 0 Å². The van der Waals surface area contributed by atoms with E-state index in [0.717, 1.165) is 11.1 Å². The van der Waals surface area contributed by atoms with E-state index in [9.17, 15) is 9.59 Å². The molecule has 0 aromatic heterocycles. The second kappa shape index (κ2) is 4.50. The van der Waals surface area contributed by atoms with Gasteiger partial charge in [-0.2, -0.15) is 0 Å². The predicted molar refractivity (Wildman–Crippen MR) is 103 cm³/mol. The van der Waals surface area contributed by atoms with Gasteiger partial charge in [0.25, 0.3) is 0 Å². The van der Waals surface area contributed by atoms with Gasteiger partial charge in [-0.05, 0) is 25.0 Å². The maximum absolute atomic E-state index is 13.3. The molecule has 0 N–H and O–H groups in total. The lowest BCUT2D eigenvalue weighted by atomic mass is 9.53. The first-order valence-corrected chi connectivity index (χ1v) is 9.65. The van der Waals surface area contributed by atoms with Gasteiger partial charge in [0.1, 0.15) is 9.75 Å². The van der Waals surface area contributed by atoms with Crippen molar-refractivity contribution in [2.75, 3.05) is 0 Å². The number of alkyl halides is 4. The monoisotopic (exact) mass is 424 g/mol. The van der Waals surface area contributed by atoms with Crippen molar-refractivity contribution < 1.29 is 9.59 Å². The average Bonchev–Trinajstić information content (AvgIpc) is 2.88. The Morgan fingerprint density at radius 2 is 0.962 bits per heavy atom. The maximum atomic E-state index is 13.3. The van der Waals surface area contributed by atoms with E-state index < -0.39 is 31.1 Å². The molecule has 0 spiro atoms. The van der Waals surface area contributed by atoms with Gasteiger partial charge in [0, 0.05) is 11.1 Å². The summed E-state index contributed by atoms with van der Waals surface area (Å²) in [5.41, 5.74) is 3.48. The van der Waals surface area contributed by atoms with Crippen LogP contribution in [0.1, 0.15) is 43.0 Å². The first kappa shape index (κ1) is 17.1. The Bertz CT molecular complexity index is 978. The number of hydrogen-bond donors (Lipinski definition) is 0. The molecule has 0 atom stereocenters. The molecule has 3 aliphatic carbocycles. The second-order valence-corrected chi connectivity index (χ2v) is 9.66. The maximum Gasteiger partial charge on any atom is 0.188 e. The van der Waals surface area contributed by atoms with Crippen LogP contribution in [0, 0.1) is 13.8 Å². The van der Waals surface area contributed by atoms with E-state index in [-0.39, 0.29) is 0 Å². The van der Waals surface area contributed by atoms with Gasteiger partial charge in [-0.15, -0.1) is 46.4 Å². The highest BCUT2D eigenvalue weighted by atomic mass is 35.5. The number of carbonyl (C=O) groups excluding carboxylic acids is 2. The van der Waals surface area contributed by atoms with Gasteiger partial charge in [-0.1, -0.05) is 47.5 Å². The molecule has 0 aliphatic heterocycles. The fourth-order valence-corrected chi connectivity index (χ4v) is 7.50. The summed E-state index contributed by atoms with van der Waals surface area (Å²) < 4.78 is 0. The summed E-state index contributed by atoms with van der Waals surface area (Å²) in [7, 11) is 0. The minimum Gasteiger partial charge on any atom is -0.292 e. The molecule has 0 radical (unpaired) electrons. The summed E-state index contributed by atoms with van der Waals surface area (Å²) in [6.07, 6.45) is 0. The van der Waals surface area contributed by atoms with Gasteiger partial charge in [0.05, 0.1) is 0 Å². The number of carbonyl (C=O) groups is 2. The molecule has 26 heavy (non-hydrogen) atoms. The number of aryl methyl sites for hydroxylation is 2. The van der Waals surface area contributed by atoms with Gasteiger partial charge < -0.3 is 0 Å². The van der Waals surface area contributed by atoms with Crippen molar-refractivity contribution >= 4 is 58.0 Å². The van der Waals surface area contributed by atoms with Crippen LogP contribution >= 0.6 is 46.4 Å². The van der Waals surface area contributed by atoms with Gasteiger partial charge >= 0.3 is 0 Å². The van der Waals surface area contributed by atoms with Gasteiger partial charge in [0.2, 0.25) is 0 Å². The number of benzene rings is 2. The molecule has 0 bridgehead atoms. The predicted octanol–water partition coefficient (Wildman–Crippen LogP) is 5.23. The first-order chi connectivity index (χ1) is 12.1. The van der Waals surface area contributed by atoms with E-state index in [4.69, 9.17) is 46.4 Å². The average molecular weight is 426 g/mol. The molecule has 3 aliphatic rings. The standard InChI is InChI=1S/C20H12Cl4O2/c1-9-3-5-11-13(7-9)17(21)19(23,15(11)25)18(22)14-8-10(2)4-6-12(14)16(26)20(17,18)24/h3-8H,1-2H3. The highest BCUT2D eigenvalue weighted by Gasteiger charge is 2.97. The Morgan fingerprint density at radius 1 is 0.615 bits per heavy atom. The number of hydrogen-bond acceptors (Lipinski definition) is 2. The van der Waals surface area contributed by atoms with Crippen LogP contribution in [0.5, 0.6) is 0 Å². The van der Waals surface area contributed by atoms with Crippen LogP contribution in [-0.2, 0) is 9.75 Å². The van der Waals surface area contributed by atoms with Gasteiger partial charge in [0.15, 0.2) is 21.3 Å². The molecular formula is C20H12Cl4O2. The molecule has 2 aromatic rings. The SMILES string of the molecule is Cc1ccc2c(c1)C1(Cl)C(Cl)(C2=O)C2(Cl)c3cc(C)ccc3C(=O)C12Cl. The fraction of sp³-hybridized carbons (Fsp3) is 0.300. The summed E-state index contributed by atoms with van der Waals surface area (Å²) in [5, 5.41) is 0. The van der Waals surface area contributed by atoms with Gasteiger partial charge in [-0.25, -0.2) is 0 Å². The van der Waals surface area contributed by atoms with E-state index in [1.54, 1.807) is 36.4 Å². The van der Waals surface area contributed by atoms with Crippen molar-refractivity contribution in [3.05, 3.63) is 69.8 Å². The largest absolute Gasteiger partial charge is 0.292 e. The van der Waals surface area contributed by atoms with E-state index in [0.29, 0.717) is 22.3 Å². The third-order valence-electron chi connectivity index (χ3n) is 6.11. The zero-order chi connectivity index (χ0) is 18.9. The fourth-order valence-electron chi connectivity index (χ4n) is 4.91. The molecule has 6 heteroatoms. The molecule has 0 unspecified atom stereocenters. The van der Waals surface area contributed by atoms with Crippen LogP contribution < -0.4 is 0 Å². The number of halogens is 4. The molecule has 1 fully saturated rings. The Kier molecular flexibility index (Phi) is 2.95. The molecule has 2 nitrogen and oxygen atoms in total. The van der Waals surface area contributed by atoms with Crippen molar-refractivity contribution in [1.82, 2.24) is 0 Å². The highest BCUT2D eigenvalue weighted by molar-refractivity contribution is 6.65. The molecule has 0 saturated heterocycles. The lowest BCUT2D eigenvalue weighted by Crippen LogP contribution is -2.83. The van der Waals surface area contributed by atoms with E-state index in [1.165, 1.54) is 0 Å². The first-order valence-electron chi connectivity index (χ1n) is 8.14. The highest BCUT2D eigenvalue weighted by Crippen LogP contribution is 2.84. The molecule has 0 amide bonds. The summed E-state index contributed by atoms with van der Waals surface area (Å²) in [6.45, 7) is 3.75. The van der Waals surface area contributed by atoms with Crippen LogP contribution in [0.25, 0.3) is 0 Å². The lowest BCUT2D eigenvalue weighted by molar-refractivity contribution is 0.0564. The molecule has 5 rings (SSSR count). The number of rotatable bonds is 0. The summed E-state index contributed by atoms with van der Waals surface area (Å²) in [6, 6.07) is 10.5. The zero-order valence-electron chi connectivity index (χ0n) is 13.8. The van der Waals surface area contributed by atoms with Crippen molar-refractivity contribution in [3.63, 3.8) is 0 Å². The van der Waals surface area contributed by atoms with Crippen molar-refractivity contribution in [3.8, 4) is 0 Å². The molecule has 2 aromatic carbocycles. The summed E-state index contributed by atoms with van der Waals surface area (Å²) in [4.78, 5) is 19.9. The Hall–Kier alpha value is -1.06. The minimum atomic E-state index is -1.74. The minimum absolute atomic E-state index is 0.372. The van der Waals surface area contributed by atoms with Crippen LogP contribution in [0.4, 0.5) is 0 Å². The van der Waals surface area contributed by atoms with Crippen molar-refractivity contribution in [2.45, 2.75) is 33.3 Å². The van der Waals surface area contributed by atoms with Crippen molar-refractivity contribution in [2.24, 2.45) is 0 Å². The Balaban J connectivity index is 1.91. The van der Waals surface area contributed by atoms with Crippen LogP contribution in [0.3, 0.4) is 0 Å². The van der Waals surface area contributed by atoms with Gasteiger partial charge in [-0.3, -0.25) is 9.59 Å². The third-order valence-corrected chi connectivity index (χ3v) is 9.51. The Labute approximate surface area is 170 Å². The molecule has 1 saturated carbocycles. The van der Waals surface area contributed by atoms with E-state index in [1.807, 2.05) is 13.8 Å². The summed E-state index contributed by atoms with van der Waals surface area (Å²) >= 11 is 27.9. The number of Topliss-reactive ketones (excluding diaryl/α,β-unsaturated/α-hetero) is 2. The number of fused-ring (bicyclic) bond motifs is 8. The zero-order valence-corrected chi connectivity index (χ0v) is 16.8. The molecule has 0 heterocycles. The van der Waals surface area contributed by atoms with Crippen LogP contribution in [0.15, 0.2) is 36.4 Å². The number of ketones is 2. The topological polar surface area (TPSA) is 34.1 Å². The summed E-state index contributed by atoms with van der Waals surface area (Å²) in [5.74, 6) is -0.782. The smallest absolute Gasteiger partial charge is 0.188 e. The molecular weight excluding hydrogens is 414 g/mol. The quantitative estimate of drug-likeness (QED) is 0.541. The third kappa shape index (κ3) is 1.28. The Morgan fingerprint density at radius 3 is 1.31 bits per heavy atom.